The molecule has 0 aliphatic carbocycles. The average molecular weight is 446 g/mol. The molecule has 1 unspecified atom stereocenters. The molecule has 8 heteroatoms. The highest BCUT2D eigenvalue weighted by Crippen LogP contribution is 2.25. The van der Waals surface area contributed by atoms with Crippen LogP contribution in [0.25, 0.3) is 0 Å². The molecule has 0 saturated carbocycles. The number of rotatable bonds is 6. The summed E-state index contributed by atoms with van der Waals surface area (Å²) in [4.78, 5) is 18.2. The van der Waals surface area contributed by atoms with Gasteiger partial charge in [0.05, 0.1) is 6.04 Å². The van der Waals surface area contributed by atoms with E-state index in [2.05, 4.69) is 52.1 Å². The number of hydrogen-bond donors (Lipinski definition) is 3. The standard InChI is InChI=1S/C24H39N5O3/c1-18(19-9-7-6-8-10-19)28-24(11-13-31-14-12-24)17-26-21(25-5)27-20-15-29(16-20)22(30)32-23(2,3)4/h6-10,18,20,28H,11-17H2,1-5H3,(H2,25,26,27). The van der Waals surface area contributed by atoms with Crippen molar-refractivity contribution >= 4 is 12.1 Å². The van der Waals surface area contributed by atoms with E-state index in [-0.39, 0.29) is 23.7 Å². The molecule has 2 heterocycles. The number of aliphatic imine (C=N–C) groups is 1. The van der Waals surface area contributed by atoms with Crippen molar-refractivity contribution in [2.75, 3.05) is 39.9 Å². The van der Waals surface area contributed by atoms with Crippen molar-refractivity contribution in [2.45, 2.75) is 63.8 Å². The van der Waals surface area contributed by atoms with E-state index in [0.29, 0.717) is 13.1 Å². The van der Waals surface area contributed by atoms with Gasteiger partial charge in [-0.15, -0.1) is 0 Å². The summed E-state index contributed by atoms with van der Waals surface area (Å²) in [5.41, 5.74) is 0.722. The van der Waals surface area contributed by atoms with Crippen LogP contribution in [0, 0.1) is 0 Å². The number of amides is 1. The van der Waals surface area contributed by atoms with Crippen LogP contribution < -0.4 is 16.0 Å². The van der Waals surface area contributed by atoms with Crippen molar-refractivity contribution in [1.29, 1.82) is 0 Å². The van der Waals surface area contributed by atoms with Gasteiger partial charge in [-0.2, -0.15) is 0 Å². The smallest absolute Gasteiger partial charge is 0.410 e. The van der Waals surface area contributed by atoms with Gasteiger partial charge in [0.1, 0.15) is 5.60 Å². The number of hydrogen-bond acceptors (Lipinski definition) is 5. The van der Waals surface area contributed by atoms with Gasteiger partial charge in [0, 0.05) is 51.5 Å². The maximum absolute atomic E-state index is 12.1. The normalized spacial score (nSPS) is 20.3. The first kappa shape index (κ1) is 24.3. The van der Waals surface area contributed by atoms with Gasteiger partial charge in [-0.1, -0.05) is 30.3 Å². The minimum Gasteiger partial charge on any atom is -0.444 e. The Balaban J connectivity index is 1.51. The molecule has 2 saturated heterocycles. The van der Waals surface area contributed by atoms with Crippen molar-refractivity contribution in [3.8, 4) is 0 Å². The Bertz CT molecular complexity index is 766. The van der Waals surface area contributed by atoms with Gasteiger partial charge in [0.2, 0.25) is 0 Å². The number of carbonyl (C=O) groups is 1. The first-order chi connectivity index (χ1) is 15.2. The number of likely N-dealkylation sites (tertiary alicyclic amines) is 1. The summed E-state index contributed by atoms with van der Waals surface area (Å²) in [6, 6.07) is 10.9. The first-order valence-electron chi connectivity index (χ1n) is 11.6. The molecule has 1 aromatic rings. The molecule has 3 N–H and O–H groups in total. The SMILES string of the molecule is CN=C(NCC1(NC(C)c2ccccc2)CCOCC1)NC1CN(C(=O)OC(C)(C)C)C1. The highest BCUT2D eigenvalue weighted by Gasteiger charge is 2.36. The summed E-state index contributed by atoms with van der Waals surface area (Å²) >= 11 is 0. The van der Waals surface area contributed by atoms with E-state index in [1.807, 2.05) is 26.8 Å². The van der Waals surface area contributed by atoms with Crippen LogP contribution in [0.3, 0.4) is 0 Å². The van der Waals surface area contributed by atoms with Crippen molar-refractivity contribution in [3.05, 3.63) is 35.9 Å². The Hall–Kier alpha value is -2.32. The molecule has 0 aromatic heterocycles. The number of nitrogens with zero attached hydrogens (tertiary/aromatic N) is 2. The molecule has 2 aliphatic heterocycles. The predicted molar refractivity (Wildman–Crippen MR) is 127 cm³/mol. The van der Waals surface area contributed by atoms with Crippen LogP contribution in [0.2, 0.25) is 0 Å². The average Bonchev–Trinajstić information content (AvgIpc) is 2.72. The molecule has 3 rings (SSSR count). The maximum Gasteiger partial charge on any atom is 0.410 e. The predicted octanol–water partition coefficient (Wildman–Crippen LogP) is 2.67. The maximum atomic E-state index is 12.1. The molecule has 1 aromatic carbocycles. The molecule has 0 bridgehead atoms. The van der Waals surface area contributed by atoms with E-state index in [4.69, 9.17) is 9.47 Å². The Morgan fingerprint density at radius 3 is 2.50 bits per heavy atom. The van der Waals surface area contributed by atoms with E-state index in [1.165, 1.54) is 5.56 Å². The zero-order valence-electron chi connectivity index (χ0n) is 20.1. The molecule has 178 valence electrons. The third-order valence-corrected chi connectivity index (χ3v) is 5.96. The van der Waals surface area contributed by atoms with Gasteiger partial charge in [0.15, 0.2) is 5.96 Å². The summed E-state index contributed by atoms with van der Waals surface area (Å²) in [6.07, 6.45) is 1.60. The lowest BCUT2D eigenvalue weighted by Gasteiger charge is -2.42. The Morgan fingerprint density at radius 1 is 1.25 bits per heavy atom. The zero-order chi connectivity index (χ0) is 23.2. The molecule has 32 heavy (non-hydrogen) atoms. The topological polar surface area (TPSA) is 87.2 Å². The molecular formula is C24H39N5O3. The Kier molecular flexibility index (Phi) is 8.00. The van der Waals surface area contributed by atoms with Crippen molar-refractivity contribution in [3.63, 3.8) is 0 Å². The van der Waals surface area contributed by atoms with Crippen LogP contribution in [0.5, 0.6) is 0 Å². The number of carbonyl (C=O) groups excluding carboxylic acids is 1. The van der Waals surface area contributed by atoms with Crippen LogP contribution in [0.4, 0.5) is 4.79 Å². The summed E-state index contributed by atoms with van der Waals surface area (Å²) in [6.45, 7) is 11.3. The molecule has 2 aliphatic rings. The monoisotopic (exact) mass is 445 g/mol. The fourth-order valence-electron chi connectivity index (χ4n) is 4.10. The number of ether oxygens (including phenoxy) is 2. The molecule has 1 atom stereocenters. The number of nitrogens with one attached hydrogen (secondary N) is 3. The van der Waals surface area contributed by atoms with E-state index >= 15 is 0 Å². The minimum atomic E-state index is -0.477. The largest absolute Gasteiger partial charge is 0.444 e. The Morgan fingerprint density at radius 2 is 1.91 bits per heavy atom. The zero-order valence-corrected chi connectivity index (χ0v) is 20.1. The van der Waals surface area contributed by atoms with E-state index in [9.17, 15) is 4.79 Å². The summed E-state index contributed by atoms with van der Waals surface area (Å²) in [5.74, 6) is 0.749. The highest BCUT2D eigenvalue weighted by atomic mass is 16.6. The minimum absolute atomic E-state index is 0.0761. The second-order valence-corrected chi connectivity index (χ2v) is 9.82. The van der Waals surface area contributed by atoms with Crippen LogP contribution in [-0.4, -0.2) is 74.0 Å². The molecule has 2 fully saturated rings. The van der Waals surface area contributed by atoms with Gasteiger partial charge in [-0.3, -0.25) is 4.99 Å². The number of guanidine groups is 1. The van der Waals surface area contributed by atoms with Crippen LogP contribution in [0.1, 0.15) is 52.1 Å². The van der Waals surface area contributed by atoms with Gasteiger partial charge in [-0.25, -0.2) is 4.79 Å². The van der Waals surface area contributed by atoms with Crippen molar-refractivity contribution < 1.29 is 14.3 Å². The van der Waals surface area contributed by atoms with Crippen LogP contribution >= 0.6 is 0 Å². The second-order valence-electron chi connectivity index (χ2n) is 9.82. The van der Waals surface area contributed by atoms with E-state index in [1.54, 1.807) is 11.9 Å². The van der Waals surface area contributed by atoms with Crippen molar-refractivity contribution in [1.82, 2.24) is 20.9 Å². The molecule has 0 radical (unpaired) electrons. The molecule has 8 nitrogen and oxygen atoms in total. The number of benzene rings is 1. The summed E-state index contributed by atoms with van der Waals surface area (Å²) < 4.78 is 11.1. The third-order valence-electron chi connectivity index (χ3n) is 5.96. The molecule has 1 amide bonds. The van der Waals surface area contributed by atoms with Gasteiger partial charge >= 0.3 is 6.09 Å². The van der Waals surface area contributed by atoms with Gasteiger partial charge in [0.25, 0.3) is 0 Å². The van der Waals surface area contributed by atoms with Crippen LogP contribution in [0.15, 0.2) is 35.3 Å². The van der Waals surface area contributed by atoms with E-state index < -0.39 is 5.60 Å². The highest BCUT2D eigenvalue weighted by molar-refractivity contribution is 5.80. The molecule has 0 spiro atoms. The van der Waals surface area contributed by atoms with Gasteiger partial charge < -0.3 is 30.3 Å². The van der Waals surface area contributed by atoms with E-state index in [0.717, 1.165) is 38.6 Å². The second kappa shape index (κ2) is 10.5. The molecular weight excluding hydrogens is 406 g/mol. The lowest BCUT2D eigenvalue weighted by Crippen LogP contribution is -2.64. The Labute approximate surface area is 192 Å². The fourth-order valence-corrected chi connectivity index (χ4v) is 4.10. The summed E-state index contributed by atoms with van der Waals surface area (Å²) in [7, 11) is 1.77. The lowest BCUT2D eigenvalue weighted by molar-refractivity contribution is 0.00698. The van der Waals surface area contributed by atoms with Crippen LogP contribution in [-0.2, 0) is 9.47 Å². The first-order valence-corrected chi connectivity index (χ1v) is 11.6. The quantitative estimate of drug-likeness (QED) is 0.461. The lowest BCUT2D eigenvalue weighted by atomic mass is 9.88. The third kappa shape index (κ3) is 6.84. The van der Waals surface area contributed by atoms with Crippen molar-refractivity contribution in [2.24, 2.45) is 4.99 Å². The summed E-state index contributed by atoms with van der Waals surface area (Å²) in [5, 5.41) is 10.8. The fraction of sp³-hybridized carbons (Fsp3) is 0.667. The van der Waals surface area contributed by atoms with Gasteiger partial charge in [-0.05, 0) is 46.1 Å².